The van der Waals surface area contributed by atoms with Gasteiger partial charge in [0.05, 0.1) is 13.7 Å². The van der Waals surface area contributed by atoms with Crippen molar-refractivity contribution < 1.29 is 14.2 Å². The molecule has 0 N–H and O–H groups in total. The average molecular weight is 208 g/mol. The van der Waals surface area contributed by atoms with Gasteiger partial charge in [-0.1, -0.05) is 18.2 Å². The van der Waals surface area contributed by atoms with Crippen molar-refractivity contribution in [1.82, 2.24) is 0 Å². The van der Waals surface area contributed by atoms with Gasteiger partial charge in [-0.05, 0) is 11.6 Å². The second-order valence-corrected chi connectivity index (χ2v) is 3.67. The van der Waals surface area contributed by atoms with Crippen molar-refractivity contribution in [3.05, 3.63) is 29.8 Å². The fraction of sp³-hybridized carbons (Fsp3) is 0.500. The molecule has 1 aromatic rings. The average Bonchev–Trinajstić information content (AvgIpc) is 2.77. The molecule has 0 saturated carbocycles. The fourth-order valence-electron chi connectivity index (χ4n) is 1.98. The summed E-state index contributed by atoms with van der Waals surface area (Å²) in [5, 5.41) is 0. The van der Waals surface area contributed by atoms with E-state index in [-0.39, 0.29) is 6.29 Å². The highest BCUT2D eigenvalue weighted by molar-refractivity contribution is 5.36. The van der Waals surface area contributed by atoms with E-state index in [9.17, 15) is 0 Å². The Bertz CT molecular complexity index is 324. The molecule has 0 radical (unpaired) electrons. The zero-order valence-corrected chi connectivity index (χ0v) is 9.10. The Labute approximate surface area is 90.0 Å². The minimum atomic E-state index is -0.0695. The predicted octanol–water partition coefficient (Wildman–Crippen LogP) is 2.17. The van der Waals surface area contributed by atoms with Crippen LogP contribution in [0.4, 0.5) is 0 Å². The van der Waals surface area contributed by atoms with Crippen molar-refractivity contribution in [1.29, 1.82) is 0 Å². The zero-order chi connectivity index (χ0) is 10.7. The molecule has 0 spiro atoms. The second-order valence-electron chi connectivity index (χ2n) is 3.67. The van der Waals surface area contributed by atoms with Gasteiger partial charge in [-0.15, -0.1) is 0 Å². The molecule has 1 aliphatic heterocycles. The molecule has 2 rings (SSSR count). The van der Waals surface area contributed by atoms with Crippen LogP contribution >= 0.6 is 0 Å². The third-order valence-corrected chi connectivity index (χ3v) is 2.80. The highest BCUT2D eigenvalue weighted by Gasteiger charge is 2.28. The third-order valence-electron chi connectivity index (χ3n) is 2.80. The van der Waals surface area contributed by atoms with Gasteiger partial charge in [0, 0.05) is 19.4 Å². The molecule has 0 bridgehead atoms. The monoisotopic (exact) mass is 208 g/mol. The topological polar surface area (TPSA) is 27.7 Å². The lowest BCUT2D eigenvalue weighted by molar-refractivity contribution is -0.0880. The maximum absolute atomic E-state index is 5.49. The molecule has 0 aliphatic carbocycles. The Kier molecular flexibility index (Phi) is 3.23. The summed E-state index contributed by atoms with van der Waals surface area (Å²) >= 11 is 0. The molecule has 1 aliphatic rings. The number of ether oxygens (including phenoxy) is 3. The smallest absolute Gasteiger partial charge is 0.157 e. The Balaban J connectivity index is 2.16. The van der Waals surface area contributed by atoms with E-state index in [1.165, 1.54) is 5.56 Å². The van der Waals surface area contributed by atoms with Crippen LogP contribution < -0.4 is 4.74 Å². The summed E-state index contributed by atoms with van der Waals surface area (Å²) in [5.41, 5.74) is 1.21. The summed E-state index contributed by atoms with van der Waals surface area (Å²) in [5.74, 6) is 1.31. The number of methoxy groups -OCH3 is 2. The lowest BCUT2D eigenvalue weighted by Crippen LogP contribution is -2.06. The molecule has 1 heterocycles. The standard InChI is InChI=1S/C12H16O3/c1-13-11-6-4-3-5-10(11)9-7-12(14-2)15-8-9/h3-6,9,12H,7-8H2,1-2H3/t9-,12-/m0/s1. The van der Waals surface area contributed by atoms with Crippen molar-refractivity contribution in [2.24, 2.45) is 0 Å². The van der Waals surface area contributed by atoms with Crippen molar-refractivity contribution in [2.75, 3.05) is 20.8 Å². The number of para-hydroxylation sites is 1. The molecule has 0 unspecified atom stereocenters. The molecule has 15 heavy (non-hydrogen) atoms. The van der Waals surface area contributed by atoms with Crippen molar-refractivity contribution in [2.45, 2.75) is 18.6 Å². The molecular weight excluding hydrogens is 192 g/mol. The molecule has 0 amide bonds. The Morgan fingerprint density at radius 1 is 1.27 bits per heavy atom. The lowest BCUT2D eigenvalue weighted by Gasteiger charge is -2.12. The predicted molar refractivity (Wildman–Crippen MR) is 57.1 cm³/mol. The van der Waals surface area contributed by atoms with Crippen molar-refractivity contribution >= 4 is 0 Å². The quantitative estimate of drug-likeness (QED) is 0.762. The number of hydrogen-bond donors (Lipinski definition) is 0. The molecular formula is C12H16O3. The Morgan fingerprint density at radius 3 is 2.73 bits per heavy atom. The summed E-state index contributed by atoms with van der Waals surface area (Å²) in [4.78, 5) is 0. The molecule has 1 fully saturated rings. The fourth-order valence-corrected chi connectivity index (χ4v) is 1.98. The summed E-state index contributed by atoms with van der Waals surface area (Å²) < 4.78 is 16.0. The largest absolute Gasteiger partial charge is 0.496 e. The van der Waals surface area contributed by atoms with Gasteiger partial charge < -0.3 is 14.2 Å². The maximum atomic E-state index is 5.49. The molecule has 0 aromatic heterocycles. The number of benzene rings is 1. The molecule has 82 valence electrons. The zero-order valence-electron chi connectivity index (χ0n) is 9.10. The van der Waals surface area contributed by atoms with E-state index in [1.54, 1.807) is 14.2 Å². The van der Waals surface area contributed by atoms with Crippen LogP contribution in [0, 0.1) is 0 Å². The summed E-state index contributed by atoms with van der Waals surface area (Å²) in [6.07, 6.45) is 0.830. The maximum Gasteiger partial charge on any atom is 0.157 e. The summed E-state index contributed by atoms with van der Waals surface area (Å²) in [6.45, 7) is 0.707. The van der Waals surface area contributed by atoms with E-state index in [0.717, 1.165) is 12.2 Å². The Hall–Kier alpha value is -1.06. The van der Waals surface area contributed by atoms with Gasteiger partial charge in [0.1, 0.15) is 5.75 Å². The van der Waals surface area contributed by atoms with Crippen LogP contribution in [-0.2, 0) is 9.47 Å². The number of hydrogen-bond acceptors (Lipinski definition) is 3. The SMILES string of the molecule is COc1ccccc1[C@@H]1CO[C@H](OC)C1. The van der Waals surface area contributed by atoms with E-state index in [0.29, 0.717) is 12.5 Å². The number of rotatable bonds is 3. The summed E-state index contributed by atoms with van der Waals surface area (Å²) in [6, 6.07) is 8.07. The Morgan fingerprint density at radius 2 is 2.07 bits per heavy atom. The first-order chi connectivity index (χ1) is 7.35. The minimum Gasteiger partial charge on any atom is -0.496 e. The van der Waals surface area contributed by atoms with E-state index in [2.05, 4.69) is 6.07 Å². The molecule has 2 atom stereocenters. The van der Waals surface area contributed by atoms with Gasteiger partial charge in [0.15, 0.2) is 6.29 Å². The first-order valence-corrected chi connectivity index (χ1v) is 5.12. The second kappa shape index (κ2) is 4.64. The van der Waals surface area contributed by atoms with Gasteiger partial charge in [-0.25, -0.2) is 0 Å². The van der Waals surface area contributed by atoms with Crippen LogP contribution in [0.1, 0.15) is 17.9 Å². The van der Waals surface area contributed by atoms with E-state index >= 15 is 0 Å². The van der Waals surface area contributed by atoms with E-state index < -0.39 is 0 Å². The van der Waals surface area contributed by atoms with Crippen LogP contribution in [0.3, 0.4) is 0 Å². The van der Waals surface area contributed by atoms with E-state index in [1.807, 2.05) is 18.2 Å². The van der Waals surface area contributed by atoms with Gasteiger partial charge in [-0.3, -0.25) is 0 Å². The van der Waals surface area contributed by atoms with Crippen LogP contribution in [0.5, 0.6) is 5.75 Å². The third kappa shape index (κ3) is 2.13. The molecule has 3 nitrogen and oxygen atoms in total. The lowest BCUT2D eigenvalue weighted by atomic mass is 9.97. The van der Waals surface area contributed by atoms with Crippen LogP contribution in [0.2, 0.25) is 0 Å². The minimum absolute atomic E-state index is 0.0695. The van der Waals surface area contributed by atoms with Crippen molar-refractivity contribution in [3.63, 3.8) is 0 Å². The normalized spacial score (nSPS) is 25.5. The van der Waals surface area contributed by atoms with Crippen LogP contribution in [-0.4, -0.2) is 27.1 Å². The van der Waals surface area contributed by atoms with Crippen LogP contribution in [0.15, 0.2) is 24.3 Å². The van der Waals surface area contributed by atoms with E-state index in [4.69, 9.17) is 14.2 Å². The van der Waals surface area contributed by atoms with Gasteiger partial charge in [-0.2, -0.15) is 0 Å². The van der Waals surface area contributed by atoms with Crippen molar-refractivity contribution in [3.8, 4) is 5.75 Å². The first-order valence-electron chi connectivity index (χ1n) is 5.12. The van der Waals surface area contributed by atoms with Gasteiger partial charge in [0.2, 0.25) is 0 Å². The van der Waals surface area contributed by atoms with Gasteiger partial charge >= 0.3 is 0 Å². The molecule has 1 saturated heterocycles. The molecule has 3 heteroatoms. The highest BCUT2D eigenvalue weighted by Crippen LogP contribution is 2.34. The van der Waals surface area contributed by atoms with Gasteiger partial charge in [0.25, 0.3) is 0 Å². The summed E-state index contributed by atoms with van der Waals surface area (Å²) in [7, 11) is 3.37. The highest BCUT2D eigenvalue weighted by atomic mass is 16.7. The first kappa shape index (κ1) is 10.5. The van der Waals surface area contributed by atoms with Crippen LogP contribution in [0.25, 0.3) is 0 Å². The molecule has 1 aromatic carbocycles.